The predicted octanol–water partition coefficient (Wildman–Crippen LogP) is 0.883. The topological polar surface area (TPSA) is 29.1 Å². The molecular formula is C7H11NO. The van der Waals surface area contributed by atoms with Gasteiger partial charge in [-0.3, -0.25) is 10.1 Å². The van der Waals surface area contributed by atoms with Gasteiger partial charge in [0.2, 0.25) is 6.41 Å². The van der Waals surface area contributed by atoms with Crippen molar-refractivity contribution in [1.82, 2.24) is 5.32 Å². The zero-order chi connectivity index (χ0) is 6.95. The van der Waals surface area contributed by atoms with Gasteiger partial charge < -0.3 is 0 Å². The molecule has 0 aliphatic heterocycles. The highest BCUT2D eigenvalue weighted by Crippen LogP contribution is 1.89. The third-order valence-corrected chi connectivity index (χ3v) is 0.875. The van der Waals surface area contributed by atoms with E-state index in [0.717, 1.165) is 19.3 Å². The Labute approximate surface area is 55.6 Å². The van der Waals surface area contributed by atoms with Crippen molar-refractivity contribution in [2.45, 2.75) is 26.2 Å². The molecule has 0 rings (SSSR count). The third kappa shape index (κ3) is 7.03. The van der Waals surface area contributed by atoms with Gasteiger partial charge in [-0.15, -0.1) is 0 Å². The number of hydrogen-bond donors (Lipinski definition) is 1. The highest BCUT2D eigenvalue weighted by atomic mass is 16.1. The summed E-state index contributed by atoms with van der Waals surface area (Å²) in [6.07, 6.45) is 3.71. The first-order valence-corrected chi connectivity index (χ1v) is 3.09. The van der Waals surface area contributed by atoms with Crippen LogP contribution < -0.4 is 5.32 Å². The molecule has 0 spiro atoms. The van der Waals surface area contributed by atoms with Crippen LogP contribution in [-0.4, -0.2) is 6.41 Å². The highest BCUT2D eigenvalue weighted by Gasteiger charge is 1.74. The van der Waals surface area contributed by atoms with Gasteiger partial charge in [0, 0.05) is 12.5 Å². The quantitative estimate of drug-likeness (QED) is 0.258. The average Bonchev–Trinajstić information content (AvgIpc) is 1.89. The van der Waals surface area contributed by atoms with Gasteiger partial charge in [0.1, 0.15) is 0 Å². The molecule has 0 aromatic heterocycles. The van der Waals surface area contributed by atoms with E-state index in [1.807, 2.05) is 0 Å². The lowest BCUT2D eigenvalue weighted by atomic mass is 10.3. The smallest absolute Gasteiger partial charge is 0.218 e. The van der Waals surface area contributed by atoms with E-state index in [1.54, 1.807) is 0 Å². The second-order valence-corrected chi connectivity index (χ2v) is 1.67. The van der Waals surface area contributed by atoms with Crippen molar-refractivity contribution in [2.24, 2.45) is 0 Å². The van der Waals surface area contributed by atoms with Gasteiger partial charge in [-0.1, -0.05) is 19.3 Å². The van der Waals surface area contributed by atoms with E-state index >= 15 is 0 Å². The number of hydrogen-bond acceptors (Lipinski definition) is 1. The number of unbranched alkanes of at least 4 members (excludes halogenated alkanes) is 2. The van der Waals surface area contributed by atoms with Gasteiger partial charge in [-0.05, 0) is 6.42 Å². The van der Waals surface area contributed by atoms with Crippen molar-refractivity contribution in [3.05, 3.63) is 0 Å². The van der Waals surface area contributed by atoms with E-state index < -0.39 is 0 Å². The Kier molecular flexibility index (Phi) is 6.27. The predicted molar refractivity (Wildman–Crippen MR) is 36.5 cm³/mol. The highest BCUT2D eigenvalue weighted by molar-refractivity contribution is 5.49. The summed E-state index contributed by atoms with van der Waals surface area (Å²) < 4.78 is 0. The van der Waals surface area contributed by atoms with Crippen molar-refractivity contribution in [2.75, 3.05) is 0 Å². The van der Waals surface area contributed by atoms with Crippen LogP contribution in [0.2, 0.25) is 0 Å². The summed E-state index contributed by atoms with van der Waals surface area (Å²) >= 11 is 0. The van der Waals surface area contributed by atoms with E-state index in [1.165, 1.54) is 0 Å². The Morgan fingerprint density at radius 1 is 1.67 bits per heavy atom. The molecule has 50 valence electrons. The van der Waals surface area contributed by atoms with Crippen molar-refractivity contribution >= 4 is 6.41 Å². The third-order valence-electron chi connectivity index (χ3n) is 0.875. The Morgan fingerprint density at radius 3 is 3.00 bits per heavy atom. The molecule has 9 heavy (non-hydrogen) atoms. The average molecular weight is 125 g/mol. The molecule has 0 unspecified atom stereocenters. The van der Waals surface area contributed by atoms with Gasteiger partial charge in [0.25, 0.3) is 0 Å². The number of carbonyl (C=O) groups is 1. The second-order valence-electron chi connectivity index (χ2n) is 1.67. The molecule has 0 fully saturated rings. The van der Waals surface area contributed by atoms with E-state index in [0.29, 0.717) is 6.41 Å². The summed E-state index contributed by atoms with van der Waals surface area (Å²) in [5.41, 5.74) is 0. The zero-order valence-electron chi connectivity index (χ0n) is 5.61. The van der Waals surface area contributed by atoms with Crippen LogP contribution in [0.4, 0.5) is 0 Å². The molecule has 0 aromatic carbocycles. The fraction of sp³-hybridized carbons (Fsp3) is 0.571. The molecule has 0 radical (unpaired) electrons. The monoisotopic (exact) mass is 125 g/mol. The zero-order valence-corrected chi connectivity index (χ0v) is 5.61. The minimum Gasteiger partial charge on any atom is -0.288 e. The molecule has 0 aliphatic rings. The summed E-state index contributed by atoms with van der Waals surface area (Å²) in [4.78, 5) is 9.62. The molecule has 2 nitrogen and oxygen atoms in total. The van der Waals surface area contributed by atoms with Crippen molar-refractivity contribution in [1.29, 1.82) is 0 Å². The molecule has 1 amide bonds. The molecule has 0 aromatic rings. The summed E-state index contributed by atoms with van der Waals surface area (Å²) in [6.45, 7) is 2.11. The van der Waals surface area contributed by atoms with Gasteiger partial charge in [0.15, 0.2) is 0 Å². The van der Waals surface area contributed by atoms with Gasteiger partial charge in [-0.2, -0.15) is 0 Å². The molecule has 0 bridgehead atoms. The summed E-state index contributed by atoms with van der Waals surface area (Å²) in [5.74, 6) is 2.79. The maximum absolute atomic E-state index is 9.62. The largest absolute Gasteiger partial charge is 0.288 e. The van der Waals surface area contributed by atoms with E-state index in [4.69, 9.17) is 0 Å². The van der Waals surface area contributed by atoms with Crippen LogP contribution >= 0.6 is 0 Å². The molecular weight excluding hydrogens is 114 g/mol. The summed E-state index contributed by atoms with van der Waals surface area (Å²) in [7, 11) is 0. The van der Waals surface area contributed by atoms with Crippen LogP contribution in [-0.2, 0) is 4.79 Å². The van der Waals surface area contributed by atoms with Crippen LogP contribution in [0.25, 0.3) is 0 Å². The van der Waals surface area contributed by atoms with Crippen LogP contribution in [0.3, 0.4) is 0 Å². The lowest BCUT2D eigenvalue weighted by molar-refractivity contribution is -0.108. The van der Waals surface area contributed by atoms with Gasteiger partial charge in [-0.25, -0.2) is 0 Å². The summed E-state index contributed by atoms with van der Waals surface area (Å²) in [5, 5.41) is 2.27. The van der Waals surface area contributed by atoms with Crippen molar-refractivity contribution in [3.63, 3.8) is 0 Å². The second kappa shape index (κ2) is 7.03. The molecule has 1 N–H and O–H groups in total. The van der Waals surface area contributed by atoms with Crippen molar-refractivity contribution in [3.8, 4) is 12.0 Å². The van der Waals surface area contributed by atoms with Crippen LogP contribution in [0.1, 0.15) is 26.2 Å². The maximum atomic E-state index is 9.62. The Bertz CT molecular complexity index is 121. The summed E-state index contributed by atoms with van der Waals surface area (Å²) in [6, 6.07) is 2.50. The first-order valence-electron chi connectivity index (χ1n) is 3.09. The fourth-order valence-electron chi connectivity index (χ4n) is 0.408. The van der Waals surface area contributed by atoms with E-state index in [2.05, 4.69) is 24.2 Å². The Balaban J connectivity index is 3.05. The molecule has 0 heterocycles. The normalized spacial score (nSPS) is 7.22. The minimum atomic E-state index is 0.582. The molecule has 2 heteroatoms. The van der Waals surface area contributed by atoms with E-state index in [9.17, 15) is 4.79 Å². The number of carbonyl (C=O) groups excluding carboxylic acids is 1. The van der Waals surface area contributed by atoms with Crippen LogP contribution in [0.5, 0.6) is 0 Å². The Hall–Kier alpha value is -0.970. The number of amides is 1. The van der Waals surface area contributed by atoms with Crippen LogP contribution in [0, 0.1) is 12.0 Å². The molecule has 0 saturated carbocycles. The standard InChI is InChI=1S/C7H11NO/c1-2-3-4-5-6-8-7-9/h7H,2-4H2,1H3,(H,8,9). The first kappa shape index (κ1) is 8.03. The molecule has 0 saturated heterocycles. The first-order chi connectivity index (χ1) is 4.41. The van der Waals surface area contributed by atoms with Gasteiger partial charge in [0.05, 0.1) is 0 Å². The Morgan fingerprint density at radius 2 is 2.44 bits per heavy atom. The maximum Gasteiger partial charge on any atom is 0.218 e. The lowest BCUT2D eigenvalue weighted by Gasteiger charge is -1.82. The van der Waals surface area contributed by atoms with Crippen molar-refractivity contribution < 1.29 is 4.79 Å². The molecule has 0 aliphatic carbocycles. The van der Waals surface area contributed by atoms with Crippen LogP contribution in [0.15, 0.2) is 0 Å². The lowest BCUT2D eigenvalue weighted by Crippen LogP contribution is -1.98. The SMILES string of the molecule is CCCCC#CNC=O. The minimum absolute atomic E-state index is 0.582. The number of rotatable bonds is 3. The van der Waals surface area contributed by atoms with Gasteiger partial charge >= 0.3 is 0 Å². The number of nitrogens with one attached hydrogen (secondary N) is 1. The van der Waals surface area contributed by atoms with E-state index in [-0.39, 0.29) is 0 Å². The fourth-order valence-corrected chi connectivity index (χ4v) is 0.408. The molecule has 0 atom stereocenters.